The van der Waals surface area contributed by atoms with Crippen LogP contribution >= 0.6 is 0 Å². The van der Waals surface area contributed by atoms with Gasteiger partial charge in [0.25, 0.3) is 0 Å². The molecule has 2 rings (SSSR count). The first-order valence-electron chi connectivity index (χ1n) is 7.50. The van der Waals surface area contributed by atoms with Crippen molar-refractivity contribution in [3.8, 4) is 0 Å². The van der Waals surface area contributed by atoms with Gasteiger partial charge in [-0.2, -0.15) is 0 Å². The second-order valence-corrected chi connectivity index (χ2v) is 5.23. The third kappa shape index (κ3) is 3.48. The summed E-state index contributed by atoms with van der Waals surface area (Å²) < 4.78 is 0. The standard InChI is InChI=1S/C16H26N2O/c1-3-17(4-2)12-13-18-11-7-10-16(19)14-8-5-6-9-15(14)18/h5-6,8-9,16,19H,3-4,7,10-13H2,1-2H3. The summed E-state index contributed by atoms with van der Waals surface area (Å²) in [4.78, 5) is 4.88. The molecular formula is C16H26N2O. The normalized spacial score (nSPS) is 19.4. The number of fused-ring (bicyclic) bond motifs is 1. The van der Waals surface area contributed by atoms with E-state index in [1.165, 1.54) is 5.69 Å². The monoisotopic (exact) mass is 262 g/mol. The highest BCUT2D eigenvalue weighted by Crippen LogP contribution is 2.32. The number of rotatable bonds is 5. The predicted octanol–water partition coefficient (Wildman–Crippen LogP) is 2.66. The van der Waals surface area contributed by atoms with Gasteiger partial charge >= 0.3 is 0 Å². The van der Waals surface area contributed by atoms with E-state index in [2.05, 4.69) is 41.8 Å². The van der Waals surface area contributed by atoms with E-state index in [1.807, 2.05) is 6.07 Å². The summed E-state index contributed by atoms with van der Waals surface area (Å²) >= 11 is 0. The summed E-state index contributed by atoms with van der Waals surface area (Å²) in [6.45, 7) is 9.83. The first-order chi connectivity index (χ1) is 9.26. The van der Waals surface area contributed by atoms with Gasteiger partial charge in [-0.15, -0.1) is 0 Å². The Morgan fingerprint density at radius 3 is 2.74 bits per heavy atom. The molecular weight excluding hydrogens is 236 g/mol. The Morgan fingerprint density at radius 2 is 2.00 bits per heavy atom. The highest BCUT2D eigenvalue weighted by atomic mass is 16.3. The molecule has 1 aliphatic rings. The first-order valence-corrected chi connectivity index (χ1v) is 7.50. The minimum absolute atomic E-state index is 0.297. The Balaban J connectivity index is 2.10. The molecule has 0 saturated carbocycles. The maximum absolute atomic E-state index is 10.2. The Morgan fingerprint density at radius 1 is 1.26 bits per heavy atom. The van der Waals surface area contributed by atoms with Crippen LogP contribution in [0, 0.1) is 0 Å². The number of nitrogens with zero attached hydrogens (tertiary/aromatic N) is 2. The number of likely N-dealkylation sites (N-methyl/N-ethyl adjacent to an activating group) is 1. The van der Waals surface area contributed by atoms with Gasteiger partial charge in [-0.05, 0) is 32.0 Å². The lowest BCUT2D eigenvalue weighted by atomic mass is 10.0. The lowest BCUT2D eigenvalue weighted by molar-refractivity contribution is 0.168. The molecule has 0 spiro atoms. The molecule has 1 aliphatic heterocycles. The largest absolute Gasteiger partial charge is 0.388 e. The number of benzene rings is 1. The molecule has 1 atom stereocenters. The second-order valence-electron chi connectivity index (χ2n) is 5.23. The third-order valence-corrected chi connectivity index (χ3v) is 4.12. The topological polar surface area (TPSA) is 26.7 Å². The van der Waals surface area contributed by atoms with Crippen molar-refractivity contribution in [3.05, 3.63) is 29.8 Å². The van der Waals surface area contributed by atoms with E-state index in [4.69, 9.17) is 0 Å². The molecule has 0 bridgehead atoms. The van der Waals surface area contributed by atoms with Gasteiger partial charge in [0.2, 0.25) is 0 Å². The Labute approximate surface area is 116 Å². The number of aliphatic hydroxyl groups excluding tert-OH is 1. The fourth-order valence-corrected chi connectivity index (χ4v) is 2.84. The number of para-hydroxylation sites is 1. The van der Waals surface area contributed by atoms with Gasteiger partial charge in [-0.3, -0.25) is 0 Å². The Bertz CT molecular complexity index is 390. The zero-order valence-electron chi connectivity index (χ0n) is 12.2. The molecule has 0 radical (unpaired) electrons. The first kappa shape index (κ1) is 14.4. The maximum atomic E-state index is 10.2. The molecule has 1 N–H and O–H groups in total. The van der Waals surface area contributed by atoms with Crippen LogP contribution in [0.3, 0.4) is 0 Å². The summed E-state index contributed by atoms with van der Waals surface area (Å²) in [5.74, 6) is 0. The van der Waals surface area contributed by atoms with E-state index in [1.54, 1.807) is 0 Å². The van der Waals surface area contributed by atoms with Crippen molar-refractivity contribution >= 4 is 5.69 Å². The van der Waals surface area contributed by atoms with Crippen LogP contribution in [0.2, 0.25) is 0 Å². The van der Waals surface area contributed by atoms with Gasteiger partial charge in [-0.1, -0.05) is 32.0 Å². The van der Waals surface area contributed by atoms with Crippen molar-refractivity contribution in [2.45, 2.75) is 32.8 Å². The molecule has 1 aromatic carbocycles. The number of aliphatic hydroxyl groups is 1. The van der Waals surface area contributed by atoms with Gasteiger partial charge < -0.3 is 14.9 Å². The van der Waals surface area contributed by atoms with E-state index in [-0.39, 0.29) is 6.10 Å². The Kier molecular flexibility index (Phi) is 5.23. The molecule has 1 unspecified atom stereocenters. The summed E-state index contributed by atoms with van der Waals surface area (Å²) in [5, 5.41) is 10.2. The van der Waals surface area contributed by atoms with Crippen LogP contribution in [0.5, 0.6) is 0 Å². The zero-order valence-corrected chi connectivity index (χ0v) is 12.2. The molecule has 19 heavy (non-hydrogen) atoms. The Hall–Kier alpha value is -1.06. The van der Waals surface area contributed by atoms with E-state index in [9.17, 15) is 5.11 Å². The quantitative estimate of drug-likeness (QED) is 0.884. The third-order valence-electron chi connectivity index (χ3n) is 4.12. The molecule has 3 heteroatoms. The summed E-state index contributed by atoms with van der Waals surface area (Å²) in [6.07, 6.45) is 1.64. The van der Waals surface area contributed by atoms with Gasteiger partial charge in [0, 0.05) is 30.9 Å². The molecule has 1 aromatic rings. The van der Waals surface area contributed by atoms with Crippen molar-refractivity contribution in [1.82, 2.24) is 4.90 Å². The average molecular weight is 262 g/mol. The minimum atomic E-state index is -0.297. The summed E-state index contributed by atoms with van der Waals surface area (Å²) in [5.41, 5.74) is 2.32. The number of hydrogen-bond donors (Lipinski definition) is 1. The molecule has 3 nitrogen and oxygen atoms in total. The predicted molar refractivity (Wildman–Crippen MR) is 80.6 cm³/mol. The fraction of sp³-hybridized carbons (Fsp3) is 0.625. The summed E-state index contributed by atoms with van der Waals surface area (Å²) in [7, 11) is 0. The van der Waals surface area contributed by atoms with E-state index >= 15 is 0 Å². The maximum Gasteiger partial charge on any atom is 0.0810 e. The lowest BCUT2D eigenvalue weighted by Crippen LogP contribution is -2.35. The van der Waals surface area contributed by atoms with Crippen LogP contribution in [-0.4, -0.2) is 42.7 Å². The molecule has 0 saturated heterocycles. The molecule has 0 amide bonds. The van der Waals surface area contributed by atoms with Crippen molar-refractivity contribution in [3.63, 3.8) is 0 Å². The molecule has 1 heterocycles. The SMILES string of the molecule is CCN(CC)CCN1CCCC(O)c2ccccc21. The lowest BCUT2D eigenvalue weighted by Gasteiger charge is -2.28. The molecule has 106 valence electrons. The average Bonchev–Trinajstić information content (AvgIpc) is 2.61. The molecule has 0 aromatic heterocycles. The van der Waals surface area contributed by atoms with Crippen LogP contribution in [-0.2, 0) is 0 Å². The van der Waals surface area contributed by atoms with Crippen LogP contribution in [0.15, 0.2) is 24.3 Å². The van der Waals surface area contributed by atoms with Crippen molar-refractivity contribution in [1.29, 1.82) is 0 Å². The second kappa shape index (κ2) is 6.92. The van der Waals surface area contributed by atoms with E-state index < -0.39 is 0 Å². The van der Waals surface area contributed by atoms with Gasteiger partial charge in [0.1, 0.15) is 0 Å². The summed E-state index contributed by atoms with van der Waals surface area (Å²) in [6, 6.07) is 8.30. The van der Waals surface area contributed by atoms with Gasteiger partial charge in [0.05, 0.1) is 6.10 Å². The van der Waals surface area contributed by atoms with Crippen molar-refractivity contribution in [2.75, 3.05) is 37.6 Å². The molecule has 0 fully saturated rings. The number of hydrogen-bond acceptors (Lipinski definition) is 3. The van der Waals surface area contributed by atoms with Crippen molar-refractivity contribution < 1.29 is 5.11 Å². The minimum Gasteiger partial charge on any atom is -0.388 e. The van der Waals surface area contributed by atoms with Crippen LogP contribution < -0.4 is 4.90 Å². The number of anilines is 1. The van der Waals surface area contributed by atoms with Crippen LogP contribution in [0.25, 0.3) is 0 Å². The van der Waals surface area contributed by atoms with Crippen LogP contribution in [0.1, 0.15) is 38.4 Å². The van der Waals surface area contributed by atoms with Crippen LogP contribution in [0.4, 0.5) is 5.69 Å². The fourth-order valence-electron chi connectivity index (χ4n) is 2.84. The molecule has 0 aliphatic carbocycles. The smallest absolute Gasteiger partial charge is 0.0810 e. The highest BCUT2D eigenvalue weighted by molar-refractivity contribution is 5.55. The van der Waals surface area contributed by atoms with Gasteiger partial charge in [0.15, 0.2) is 0 Å². The zero-order chi connectivity index (χ0) is 13.7. The highest BCUT2D eigenvalue weighted by Gasteiger charge is 2.20. The van der Waals surface area contributed by atoms with E-state index in [0.29, 0.717) is 0 Å². The van der Waals surface area contributed by atoms with E-state index in [0.717, 1.165) is 51.1 Å². The van der Waals surface area contributed by atoms with Crippen molar-refractivity contribution in [2.24, 2.45) is 0 Å². The van der Waals surface area contributed by atoms with Gasteiger partial charge in [-0.25, -0.2) is 0 Å².